The van der Waals surface area contributed by atoms with Crippen molar-refractivity contribution in [2.24, 2.45) is 0 Å². The van der Waals surface area contributed by atoms with Gasteiger partial charge in [-0.25, -0.2) is 9.67 Å². The minimum absolute atomic E-state index is 0.0757. The number of nitrogens with one attached hydrogen (secondary N) is 1. The Morgan fingerprint density at radius 2 is 2.00 bits per heavy atom. The topological polar surface area (TPSA) is 69.0 Å². The predicted octanol–water partition coefficient (Wildman–Crippen LogP) is 4.32. The Bertz CT molecular complexity index is 988. The fourth-order valence-corrected chi connectivity index (χ4v) is 3.07. The van der Waals surface area contributed by atoms with Gasteiger partial charge < -0.3 is 10.1 Å². The lowest BCUT2D eigenvalue weighted by atomic mass is 10.1. The molecule has 0 saturated heterocycles. The van der Waals surface area contributed by atoms with E-state index in [1.165, 1.54) is 0 Å². The molecule has 0 unspecified atom stereocenters. The van der Waals surface area contributed by atoms with Crippen LogP contribution in [0.4, 0.5) is 0 Å². The molecular weight excluding hydrogens is 399 g/mol. The average Bonchev–Trinajstić information content (AvgIpc) is 3.12. The van der Waals surface area contributed by atoms with Gasteiger partial charge in [0, 0.05) is 35.9 Å². The number of aromatic nitrogens is 3. The van der Waals surface area contributed by atoms with Crippen LogP contribution in [0.1, 0.15) is 22.6 Å². The number of amides is 1. The maximum atomic E-state index is 12.5. The molecule has 0 aliphatic carbocycles. The second-order valence-electron chi connectivity index (χ2n) is 6.17. The van der Waals surface area contributed by atoms with E-state index >= 15 is 0 Å². The number of methoxy groups -OCH3 is 1. The number of halogens is 2. The van der Waals surface area contributed by atoms with Crippen molar-refractivity contribution >= 4 is 29.1 Å². The van der Waals surface area contributed by atoms with E-state index in [2.05, 4.69) is 15.4 Å². The first-order valence-corrected chi connectivity index (χ1v) is 9.52. The third-order valence-electron chi connectivity index (χ3n) is 4.17. The summed E-state index contributed by atoms with van der Waals surface area (Å²) in [5, 5.41) is 8.43. The van der Waals surface area contributed by atoms with E-state index in [0.29, 0.717) is 35.4 Å². The van der Waals surface area contributed by atoms with Crippen molar-refractivity contribution in [3.63, 3.8) is 0 Å². The minimum atomic E-state index is -0.349. The molecule has 146 valence electrons. The molecule has 6 nitrogen and oxygen atoms in total. The first-order chi connectivity index (χ1) is 13.5. The van der Waals surface area contributed by atoms with Crippen molar-refractivity contribution in [2.45, 2.75) is 13.3 Å². The van der Waals surface area contributed by atoms with Crippen LogP contribution in [-0.2, 0) is 4.74 Å². The van der Waals surface area contributed by atoms with E-state index in [1.807, 2.05) is 31.2 Å². The molecule has 0 atom stereocenters. The summed E-state index contributed by atoms with van der Waals surface area (Å²) in [6.07, 6.45) is 0.706. The zero-order valence-corrected chi connectivity index (χ0v) is 17.1. The molecule has 0 saturated carbocycles. The summed E-state index contributed by atoms with van der Waals surface area (Å²) in [5.41, 5.74) is 2.33. The normalized spacial score (nSPS) is 10.9. The van der Waals surface area contributed by atoms with Gasteiger partial charge in [0.25, 0.3) is 5.91 Å². The molecule has 0 radical (unpaired) electrons. The van der Waals surface area contributed by atoms with Crippen LogP contribution >= 0.6 is 23.2 Å². The molecular formula is C20H20Cl2N4O2. The average molecular weight is 419 g/mol. The van der Waals surface area contributed by atoms with Crippen LogP contribution in [0.5, 0.6) is 0 Å². The van der Waals surface area contributed by atoms with E-state index in [4.69, 9.17) is 27.9 Å². The largest absolute Gasteiger partial charge is 0.385 e. The first kappa shape index (κ1) is 20.3. The highest BCUT2D eigenvalue weighted by Gasteiger charge is 2.20. The van der Waals surface area contributed by atoms with E-state index in [1.54, 1.807) is 30.0 Å². The van der Waals surface area contributed by atoms with Gasteiger partial charge in [-0.05, 0) is 43.2 Å². The van der Waals surface area contributed by atoms with E-state index in [9.17, 15) is 4.79 Å². The standard InChI is InChI=1S/C20H20Cl2N4O2/c1-13-16(22)8-4-9-17(13)26-19(14-6-3-7-15(21)12-14)24-18(25-26)20(27)23-10-5-11-28-2/h3-4,6-9,12H,5,10-11H2,1-2H3,(H,23,27). The number of ether oxygens (including phenoxy) is 1. The molecule has 1 heterocycles. The van der Waals surface area contributed by atoms with E-state index < -0.39 is 0 Å². The molecule has 3 rings (SSSR count). The third-order valence-corrected chi connectivity index (χ3v) is 4.82. The molecule has 1 N–H and O–H groups in total. The molecule has 0 aliphatic heterocycles. The SMILES string of the molecule is COCCCNC(=O)c1nc(-c2cccc(Cl)c2)n(-c2cccc(Cl)c2C)n1. The quantitative estimate of drug-likeness (QED) is 0.580. The Labute approximate surface area is 173 Å². The predicted molar refractivity (Wildman–Crippen MR) is 110 cm³/mol. The van der Waals surface area contributed by atoms with Crippen LogP contribution in [0.2, 0.25) is 10.0 Å². The van der Waals surface area contributed by atoms with Gasteiger partial charge in [-0.2, -0.15) is 0 Å². The fraction of sp³-hybridized carbons (Fsp3) is 0.250. The number of nitrogens with zero attached hydrogens (tertiary/aromatic N) is 3. The molecule has 8 heteroatoms. The zero-order chi connectivity index (χ0) is 20.1. The van der Waals surface area contributed by atoms with Crippen LogP contribution in [0.25, 0.3) is 17.1 Å². The van der Waals surface area contributed by atoms with Gasteiger partial charge in [0.05, 0.1) is 5.69 Å². The van der Waals surface area contributed by atoms with Gasteiger partial charge in [-0.1, -0.05) is 41.4 Å². The third kappa shape index (κ3) is 4.52. The summed E-state index contributed by atoms with van der Waals surface area (Å²) in [5.74, 6) is 0.236. The van der Waals surface area contributed by atoms with Crippen LogP contribution in [0.15, 0.2) is 42.5 Å². The van der Waals surface area contributed by atoms with E-state index in [0.717, 1.165) is 16.8 Å². The van der Waals surface area contributed by atoms with Crippen molar-refractivity contribution in [3.8, 4) is 17.1 Å². The number of rotatable bonds is 7. The van der Waals surface area contributed by atoms with Crippen molar-refractivity contribution < 1.29 is 9.53 Å². The number of hydrogen-bond acceptors (Lipinski definition) is 4. The Morgan fingerprint density at radius 3 is 2.75 bits per heavy atom. The number of carbonyl (C=O) groups is 1. The molecule has 0 aliphatic rings. The highest BCUT2D eigenvalue weighted by molar-refractivity contribution is 6.31. The molecule has 2 aromatic carbocycles. The van der Waals surface area contributed by atoms with Crippen LogP contribution < -0.4 is 5.32 Å². The fourth-order valence-electron chi connectivity index (χ4n) is 2.71. The first-order valence-electron chi connectivity index (χ1n) is 8.77. The summed E-state index contributed by atoms with van der Waals surface area (Å²) in [6.45, 7) is 2.94. The lowest BCUT2D eigenvalue weighted by molar-refractivity contribution is 0.0938. The summed E-state index contributed by atoms with van der Waals surface area (Å²) in [4.78, 5) is 17.0. The number of hydrogen-bond donors (Lipinski definition) is 1. The van der Waals surface area contributed by atoms with Crippen molar-refractivity contribution in [1.29, 1.82) is 0 Å². The molecule has 28 heavy (non-hydrogen) atoms. The zero-order valence-electron chi connectivity index (χ0n) is 15.6. The molecule has 0 spiro atoms. The number of carbonyl (C=O) groups excluding carboxylic acids is 1. The lowest BCUT2D eigenvalue weighted by Gasteiger charge is -2.10. The van der Waals surface area contributed by atoms with Crippen molar-refractivity contribution in [2.75, 3.05) is 20.3 Å². The molecule has 1 aromatic heterocycles. The highest BCUT2D eigenvalue weighted by atomic mass is 35.5. The second kappa shape index (κ2) is 9.19. The van der Waals surface area contributed by atoms with Crippen molar-refractivity contribution in [3.05, 3.63) is 63.9 Å². The molecule has 3 aromatic rings. The maximum absolute atomic E-state index is 12.5. The van der Waals surface area contributed by atoms with Gasteiger partial charge in [-0.3, -0.25) is 4.79 Å². The molecule has 1 amide bonds. The Kier molecular flexibility index (Phi) is 6.67. The van der Waals surface area contributed by atoms with Crippen LogP contribution in [0, 0.1) is 6.92 Å². The minimum Gasteiger partial charge on any atom is -0.385 e. The lowest BCUT2D eigenvalue weighted by Crippen LogP contribution is -2.26. The van der Waals surface area contributed by atoms with Gasteiger partial charge in [0.15, 0.2) is 5.82 Å². The molecule has 0 bridgehead atoms. The van der Waals surface area contributed by atoms with Crippen molar-refractivity contribution in [1.82, 2.24) is 20.1 Å². The summed E-state index contributed by atoms with van der Waals surface area (Å²) < 4.78 is 6.61. The van der Waals surface area contributed by atoms with Gasteiger partial charge in [0.1, 0.15) is 0 Å². The van der Waals surface area contributed by atoms with Crippen LogP contribution in [-0.4, -0.2) is 40.9 Å². The number of benzene rings is 2. The second-order valence-corrected chi connectivity index (χ2v) is 7.01. The Morgan fingerprint density at radius 1 is 1.21 bits per heavy atom. The van der Waals surface area contributed by atoms with Gasteiger partial charge in [-0.15, -0.1) is 5.10 Å². The Balaban J connectivity index is 2.03. The summed E-state index contributed by atoms with van der Waals surface area (Å²) in [6, 6.07) is 12.8. The maximum Gasteiger partial charge on any atom is 0.290 e. The summed E-state index contributed by atoms with van der Waals surface area (Å²) in [7, 11) is 1.62. The van der Waals surface area contributed by atoms with E-state index in [-0.39, 0.29) is 11.7 Å². The summed E-state index contributed by atoms with van der Waals surface area (Å²) >= 11 is 12.4. The smallest absolute Gasteiger partial charge is 0.290 e. The Hall–Kier alpha value is -2.41. The van der Waals surface area contributed by atoms with Gasteiger partial charge >= 0.3 is 0 Å². The van der Waals surface area contributed by atoms with Gasteiger partial charge in [0.2, 0.25) is 5.82 Å². The highest BCUT2D eigenvalue weighted by Crippen LogP contribution is 2.28. The monoisotopic (exact) mass is 418 g/mol. The molecule has 0 fully saturated rings. The van der Waals surface area contributed by atoms with Crippen LogP contribution in [0.3, 0.4) is 0 Å².